The molecule has 1 aromatic rings. The van der Waals surface area contributed by atoms with Crippen molar-refractivity contribution in [3.63, 3.8) is 0 Å². The van der Waals surface area contributed by atoms with Gasteiger partial charge in [0.05, 0.1) is 5.56 Å². The molecular formula is C16H23Cl2F3N2. The Morgan fingerprint density at radius 2 is 1.70 bits per heavy atom. The summed E-state index contributed by atoms with van der Waals surface area (Å²) in [7, 11) is 0. The van der Waals surface area contributed by atoms with Crippen LogP contribution >= 0.6 is 24.0 Å². The zero-order chi connectivity index (χ0) is 16.5. The van der Waals surface area contributed by atoms with Gasteiger partial charge in [0.1, 0.15) is 0 Å². The summed E-state index contributed by atoms with van der Waals surface area (Å²) in [4.78, 5) is 2.13. The predicted molar refractivity (Wildman–Crippen MR) is 90.3 cm³/mol. The quantitative estimate of drug-likeness (QED) is 0.806. The number of nitrogens with zero attached hydrogens (tertiary/aromatic N) is 1. The summed E-state index contributed by atoms with van der Waals surface area (Å²) < 4.78 is 40.4. The van der Waals surface area contributed by atoms with Gasteiger partial charge in [-0.1, -0.05) is 38.4 Å². The highest BCUT2D eigenvalue weighted by molar-refractivity contribution is 6.30. The molecule has 0 amide bonds. The third kappa shape index (κ3) is 4.99. The van der Waals surface area contributed by atoms with Crippen LogP contribution in [0.2, 0.25) is 5.02 Å². The molecular weight excluding hydrogens is 348 g/mol. The molecule has 1 aromatic carbocycles. The fraction of sp³-hybridized carbons (Fsp3) is 0.625. The molecule has 1 fully saturated rings. The maximum Gasteiger partial charge on any atom is 0.416 e. The first-order chi connectivity index (χ1) is 10.1. The number of nitrogens with one attached hydrogen (secondary N) is 1. The first-order valence-corrected chi connectivity index (χ1v) is 7.80. The van der Waals surface area contributed by atoms with Gasteiger partial charge in [-0.2, -0.15) is 13.2 Å². The SMILES string of the molecule is CC(C)(C)[C@@H](c1ccc(Cl)cc1C(F)(F)F)N1CCNCC1.Cl. The Balaban J connectivity index is 0.00000264. The zero-order valence-corrected chi connectivity index (χ0v) is 15.1. The number of hydrogen-bond donors (Lipinski definition) is 1. The Hall–Kier alpha value is -0.490. The van der Waals surface area contributed by atoms with E-state index in [9.17, 15) is 13.2 Å². The lowest BCUT2D eigenvalue weighted by Gasteiger charge is -2.43. The summed E-state index contributed by atoms with van der Waals surface area (Å²) in [5, 5.41) is 3.36. The molecule has 1 aliphatic rings. The van der Waals surface area contributed by atoms with E-state index in [0.29, 0.717) is 5.56 Å². The van der Waals surface area contributed by atoms with E-state index in [4.69, 9.17) is 11.6 Å². The summed E-state index contributed by atoms with van der Waals surface area (Å²) >= 11 is 5.80. The van der Waals surface area contributed by atoms with Crippen molar-refractivity contribution in [1.29, 1.82) is 0 Å². The van der Waals surface area contributed by atoms with E-state index in [1.54, 1.807) is 6.07 Å². The van der Waals surface area contributed by atoms with Gasteiger partial charge in [-0.05, 0) is 23.1 Å². The van der Waals surface area contributed by atoms with Crippen LogP contribution < -0.4 is 5.32 Å². The van der Waals surface area contributed by atoms with Crippen LogP contribution in [0.15, 0.2) is 18.2 Å². The summed E-state index contributed by atoms with van der Waals surface area (Å²) in [6, 6.07) is 3.82. The fourth-order valence-electron chi connectivity index (χ4n) is 3.16. The monoisotopic (exact) mass is 370 g/mol. The van der Waals surface area contributed by atoms with E-state index in [1.165, 1.54) is 6.07 Å². The van der Waals surface area contributed by atoms with E-state index in [-0.39, 0.29) is 28.9 Å². The molecule has 0 unspecified atom stereocenters. The molecule has 0 aliphatic carbocycles. The molecule has 7 heteroatoms. The lowest BCUT2D eigenvalue weighted by molar-refractivity contribution is -0.139. The summed E-state index contributed by atoms with van der Waals surface area (Å²) in [6.45, 7) is 9.00. The van der Waals surface area contributed by atoms with Crippen molar-refractivity contribution in [2.45, 2.75) is 33.0 Å². The average molecular weight is 371 g/mol. The maximum atomic E-state index is 13.5. The van der Waals surface area contributed by atoms with Gasteiger partial charge in [-0.15, -0.1) is 12.4 Å². The molecule has 1 saturated heterocycles. The van der Waals surface area contributed by atoms with E-state index in [2.05, 4.69) is 10.2 Å². The van der Waals surface area contributed by atoms with Crippen LogP contribution in [0.5, 0.6) is 0 Å². The Bertz CT molecular complexity index is 521. The van der Waals surface area contributed by atoms with Crippen LogP contribution in [-0.2, 0) is 6.18 Å². The Morgan fingerprint density at radius 3 is 2.17 bits per heavy atom. The fourth-order valence-corrected chi connectivity index (χ4v) is 3.34. The minimum atomic E-state index is -4.40. The number of rotatable bonds is 2. The smallest absolute Gasteiger partial charge is 0.314 e. The number of halogens is 5. The second-order valence-electron chi connectivity index (χ2n) is 6.78. The highest BCUT2D eigenvalue weighted by atomic mass is 35.5. The maximum absolute atomic E-state index is 13.5. The Kier molecular flexibility index (Phi) is 6.79. The minimum absolute atomic E-state index is 0. The summed E-state index contributed by atoms with van der Waals surface area (Å²) in [5.41, 5.74) is -0.629. The number of piperazine rings is 1. The molecule has 0 aromatic heterocycles. The van der Waals surface area contributed by atoms with Gasteiger partial charge in [-0.3, -0.25) is 4.90 Å². The van der Waals surface area contributed by atoms with Crippen molar-refractivity contribution in [2.75, 3.05) is 26.2 Å². The van der Waals surface area contributed by atoms with Crippen molar-refractivity contribution in [3.05, 3.63) is 34.3 Å². The molecule has 0 bridgehead atoms. The second-order valence-corrected chi connectivity index (χ2v) is 7.22. The van der Waals surface area contributed by atoms with Crippen LogP contribution in [0.3, 0.4) is 0 Å². The molecule has 1 atom stereocenters. The molecule has 1 heterocycles. The molecule has 0 spiro atoms. The van der Waals surface area contributed by atoms with E-state index in [0.717, 1.165) is 32.2 Å². The second kappa shape index (κ2) is 7.60. The van der Waals surface area contributed by atoms with E-state index >= 15 is 0 Å². The third-order valence-corrected chi connectivity index (χ3v) is 4.19. The van der Waals surface area contributed by atoms with E-state index < -0.39 is 11.7 Å². The number of alkyl halides is 3. The lowest BCUT2D eigenvalue weighted by Crippen LogP contribution is -2.48. The van der Waals surface area contributed by atoms with Crippen molar-refractivity contribution in [2.24, 2.45) is 5.41 Å². The normalized spacial score (nSPS) is 18.4. The van der Waals surface area contributed by atoms with Crippen LogP contribution in [0, 0.1) is 5.41 Å². The number of hydrogen-bond acceptors (Lipinski definition) is 2. The zero-order valence-electron chi connectivity index (χ0n) is 13.5. The van der Waals surface area contributed by atoms with Gasteiger partial charge in [0.25, 0.3) is 0 Å². The Labute approximate surface area is 146 Å². The molecule has 2 rings (SSSR count). The minimum Gasteiger partial charge on any atom is -0.314 e. The van der Waals surface area contributed by atoms with Gasteiger partial charge in [0.2, 0.25) is 0 Å². The third-order valence-electron chi connectivity index (χ3n) is 3.95. The van der Waals surface area contributed by atoms with Gasteiger partial charge >= 0.3 is 6.18 Å². The highest BCUT2D eigenvalue weighted by Crippen LogP contribution is 2.44. The van der Waals surface area contributed by atoms with Crippen molar-refractivity contribution in [3.8, 4) is 0 Å². The van der Waals surface area contributed by atoms with Crippen molar-refractivity contribution >= 4 is 24.0 Å². The van der Waals surface area contributed by atoms with Crippen molar-refractivity contribution in [1.82, 2.24) is 10.2 Å². The van der Waals surface area contributed by atoms with Gasteiger partial charge in [0, 0.05) is 37.2 Å². The summed E-state index contributed by atoms with van der Waals surface area (Å²) in [5.74, 6) is 0. The Morgan fingerprint density at radius 1 is 1.13 bits per heavy atom. The van der Waals surface area contributed by atoms with Crippen LogP contribution in [0.1, 0.15) is 37.9 Å². The first-order valence-electron chi connectivity index (χ1n) is 7.42. The van der Waals surface area contributed by atoms with Crippen LogP contribution in [-0.4, -0.2) is 31.1 Å². The van der Waals surface area contributed by atoms with Crippen LogP contribution in [0.4, 0.5) is 13.2 Å². The van der Waals surface area contributed by atoms with Gasteiger partial charge < -0.3 is 5.32 Å². The van der Waals surface area contributed by atoms with E-state index in [1.807, 2.05) is 20.8 Å². The predicted octanol–water partition coefficient (Wildman–Crippen LogP) is 4.77. The molecule has 1 aliphatic heterocycles. The molecule has 1 N–H and O–H groups in total. The molecule has 2 nitrogen and oxygen atoms in total. The highest BCUT2D eigenvalue weighted by Gasteiger charge is 2.40. The molecule has 0 radical (unpaired) electrons. The van der Waals surface area contributed by atoms with Crippen LogP contribution in [0.25, 0.3) is 0 Å². The molecule has 0 saturated carbocycles. The molecule has 23 heavy (non-hydrogen) atoms. The number of benzene rings is 1. The van der Waals surface area contributed by atoms with Crippen molar-refractivity contribution < 1.29 is 13.2 Å². The van der Waals surface area contributed by atoms with Gasteiger partial charge in [0.15, 0.2) is 0 Å². The first kappa shape index (κ1) is 20.6. The lowest BCUT2D eigenvalue weighted by atomic mass is 9.79. The summed E-state index contributed by atoms with van der Waals surface area (Å²) in [6.07, 6.45) is -4.40. The largest absolute Gasteiger partial charge is 0.416 e. The molecule has 132 valence electrons. The average Bonchev–Trinajstić information content (AvgIpc) is 2.39. The van der Waals surface area contributed by atoms with Gasteiger partial charge in [-0.25, -0.2) is 0 Å². The standard InChI is InChI=1S/C16H22ClF3N2.ClH/c1-15(2,3)14(22-8-6-21-7-9-22)12-5-4-11(17)10-13(12)16(18,19)20;/h4-5,10,14,21H,6-9H2,1-3H3;1H/t14-;/m1./s1. The topological polar surface area (TPSA) is 15.3 Å².